The summed E-state index contributed by atoms with van der Waals surface area (Å²) in [6, 6.07) is 8.13. The summed E-state index contributed by atoms with van der Waals surface area (Å²) >= 11 is 3.41. The second kappa shape index (κ2) is 3.70. The Hall–Kier alpha value is -1.16. The van der Waals surface area contributed by atoms with Crippen LogP contribution in [0, 0.1) is 0 Å². The molecular weight excluding hydrogens is 230 g/mol. The summed E-state index contributed by atoms with van der Waals surface area (Å²) in [7, 11) is 0. The molecule has 1 aromatic heterocycles. The maximum absolute atomic E-state index is 4.08. The van der Waals surface area contributed by atoms with Crippen LogP contribution in [-0.4, -0.2) is 15.2 Å². The third kappa shape index (κ3) is 1.78. The third-order valence-corrected chi connectivity index (χ3v) is 2.40. The molecule has 0 aliphatic rings. The van der Waals surface area contributed by atoms with Crippen molar-refractivity contribution in [2.75, 3.05) is 0 Å². The zero-order valence-electron chi connectivity index (χ0n) is 6.87. The Kier molecular flexibility index (Phi) is 2.40. The van der Waals surface area contributed by atoms with Gasteiger partial charge in [-0.2, -0.15) is 5.10 Å². The summed E-state index contributed by atoms with van der Waals surface area (Å²) in [6.07, 6.45) is 1.58. The quantitative estimate of drug-likeness (QED) is 0.816. The van der Waals surface area contributed by atoms with Crippen LogP contribution in [0.2, 0.25) is 0 Å². The van der Waals surface area contributed by atoms with Gasteiger partial charge in [-0.15, -0.1) is 0 Å². The summed E-state index contributed by atoms with van der Waals surface area (Å²) in [5.41, 5.74) is 2.26. The Morgan fingerprint density at radius 1 is 1.38 bits per heavy atom. The Morgan fingerprint density at radius 3 is 3.00 bits per heavy atom. The fourth-order valence-electron chi connectivity index (χ4n) is 1.14. The van der Waals surface area contributed by atoms with E-state index < -0.39 is 0 Å². The minimum absolute atomic E-state index is 0.739. The second-order valence-electron chi connectivity index (χ2n) is 2.66. The molecule has 0 atom stereocenters. The van der Waals surface area contributed by atoms with Crippen LogP contribution in [0.5, 0.6) is 0 Å². The number of aromatic nitrogens is 3. The summed E-state index contributed by atoms with van der Waals surface area (Å²) in [5.74, 6) is 0.739. The van der Waals surface area contributed by atoms with Crippen LogP contribution in [0.25, 0.3) is 11.4 Å². The highest BCUT2D eigenvalue weighted by atomic mass is 79.9. The van der Waals surface area contributed by atoms with Gasteiger partial charge in [0.15, 0.2) is 5.82 Å². The molecule has 1 N–H and O–H groups in total. The van der Waals surface area contributed by atoms with Gasteiger partial charge >= 0.3 is 0 Å². The van der Waals surface area contributed by atoms with Crippen LogP contribution in [0.15, 0.2) is 30.6 Å². The molecule has 0 aliphatic heterocycles. The van der Waals surface area contributed by atoms with E-state index in [9.17, 15) is 0 Å². The molecule has 4 heteroatoms. The summed E-state index contributed by atoms with van der Waals surface area (Å²) in [4.78, 5) is 4.08. The highest BCUT2D eigenvalue weighted by Crippen LogP contribution is 2.16. The Morgan fingerprint density at radius 2 is 2.31 bits per heavy atom. The second-order valence-corrected chi connectivity index (χ2v) is 3.22. The van der Waals surface area contributed by atoms with Crippen molar-refractivity contribution >= 4 is 15.9 Å². The van der Waals surface area contributed by atoms with Crippen molar-refractivity contribution in [2.45, 2.75) is 5.33 Å². The fourth-order valence-corrected chi connectivity index (χ4v) is 1.49. The number of nitrogens with one attached hydrogen (secondary N) is 1. The van der Waals surface area contributed by atoms with E-state index in [2.05, 4.69) is 43.2 Å². The van der Waals surface area contributed by atoms with E-state index in [0.717, 1.165) is 16.7 Å². The van der Waals surface area contributed by atoms with Crippen molar-refractivity contribution in [1.29, 1.82) is 0 Å². The molecule has 66 valence electrons. The van der Waals surface area contributed by atoms with Gasteiger partial charge in [0, 0.05) is 10.9 Å². The van der Waals surface area contributed by atoms with Gasteiger partial charge < -0.3 is 0 Å². The summed E-state index contributed by atoms with van der Waals surface area (Å²) in [6.45, 7) is 0. The molecule has 1 heterocycles. The van der Waals surface area contributed by atoms with Gasteiger partial charge in [-0.1, -0.05) is 34.1 Å². The highest BCUT2D eigenvalue weighted by molar-refractivity contribution is 9.08. The van der Waals surface area contributed by atoms with Gasteiger partial charge in [0.2, 0.25) is 0 Å². The third-order valence-electron chi connectivity index (χ3n) is 1.75. The molecule has 0 bridgehead atoms. The largest absolute Gasteiger partial charge is 0.265 e. The average Bonchev–Trinajstić information content (AvgIpc) is 2.71. The Bertz CT molecular complexity index is 384. The maximum Gasteiger partial charge on any atom is 0.180 e. The molecule has 2 aromatic rings. The number of nitrogens with zero attached hydrogens (tertiary/aromatic N) is 2. The molecule has 0 saturated heterocycles. The predicted octanol–water partition coefficient (Wildman–Crippen LogP) is 2.37. The first-order valence-corrected chi connectivity index (χ1v) is 5.03. The molecule has 0 fully saturated rings. The number of aromatic amines is 1. The normalized spacial score (nSPS) is 10.2. The van der Waals surface area contributed by atoms with Crippen LogP contribution in [0.4, 0.5) is 0 Å². The lowest BCUT2D eigenvalue weighted by Crippen LogP contribution is -1.83. The first kappa shape index (κ1) is 8.44. The van der Waals surface area contributed by atoms with Gasteiger partial charge in [0.25, 0.3) is 0 Å². The highest BCUT2D eigenvalue weighted by Gasteiger charge is 2.00. The van der Waals surface area contributed by atoms with E-state index in [-0.39, 0.29) is 0 Å². The summed E-state index contributed by atoms with van der Waals surface area (Å²) in [5, 5.41) is 7.56. The molecule has 0 amide bonds. The van der Waals surface area contributed by atoms with Crippen molar-refractivity contribution in [3.05, 3.63) is 36.2 Å². The molecule has 0 radical (unpaired) electrons. The Balaban J connectivity index is 2.41. The van der Waals surface area contributed by atoms with Crippen LogP contribution in [0.3, 0.4) is 0 Å². The van der Waals surface area contributed by atoms with E-state index in [1.165, 1.54) is 5.56 Å². The topological polar surface area (TPSA) is 41.6 Å². The number of hydrogen-bond acceptors (Lipinski definition) is 2. The first-order valence-electron chi connectivity index (χ1n) is 3.91. The molecular formula is C9H8BrN3. The van der Waals surface area contributed by atoms with Crippen molar-refractivity contribution in [3.63, 3.8) is 0 Å². The van der Waals surface area contributed by atoms with Gasteiger partial charge in [0.1, 0.15) is 6.33 Å². The van der Waals surface area contributed by atoms with Crippen LogP contribution in [-0.2, 0) is 5.33 Å². The minimum atomic E-state index is 0.739. The monoisotopic (exact) mass is 237 g/mol. The van der Waals surface area contributed by atoms with Gasteiger partial charge in [-0.25, -0.2) is 4.98 Å². The van der Waals surface area contributed by atoms with Crippen molar-refractivity contribution in [1.82, 2.24) is 15.2 Å². The number of H-pyrrole nitrogens is 1. The minimum Gasteiger partial charge on any atom is -0.265 e. The van der Waals surface area contributed by atoms with E-state index >= 15 is 0 Å². The number of alkyl halides is 1. The molecule has 13 heavy (non-hydrogen) atoms. The number of rotatable bonds is 2. The van der Waals surface area contributed by atoms with Crippen molar-refractivity contribution in [2.24, 2.45) is 0 Å². The number of halogens is 1. The van der Waals surface area contributed by atoms with Crippen molar-refractivity contribution in [3.8, 4) is 11.4 Å². The maximum atomic E-state index is 4.08. The molecule has 2 rings (SSSR count). The molecule has 0 unspecified atom stereocenters. The fraction of sp³-hybridized carbons (Fsp3) is 0.111. The molecule has 0 saturated carbocycles. The van der Waals surface area contributed by atoms with Crippen LogP contribution >= 0.6 is 15.9 Å². The molecule has 1 aromatic carbocycles. The van der Waals surface area contributed by atoms with Gasteiger partial charge in [0.05, 0.1) is 0 Å². The smallest absolute Gasteiger partial charge is 0.180 e. The van der Waals surface area contributed by atoms with E-state index in [4.69, 9.17) is 0 Å². The lowest BCUT2D eigenvalue weighted by atomic mass is 10.1. The Labute approximate surface area is 84.3 Å². The number of hydrogen-bond donors (Lipinski definition) is 1. The van der Waals surface area contributed by atoms with Gasteiger partial charge in [-0.05, 0) is 11.6 Å². The number of benzene rings is 1. The predicted molar refractivity (Wildman–Crippen MR) is 54.4 cm³/mol. The zero-order valence-corrected chi connectivity index (χ0v) is 8.45. The van der Waals surface area contributed by atoms with Crippen LogP contribution < -0.4 is 0 Å². The lowest BCUT2D eigenvalue weighted by molar-refractivity contribution is 1.09. The van der Waals surface area contributed by atoms with E-state index in [0.29, 0.717) is 0 Å². The van der Waals surface area contributed by atoms with Crippen LogP contribution in [0.1, 0.15) is 5.56 Å². The van der Waals surface area contributed by atoms with Gasteiger partial charge in [-0.3, -0.25) is 5.10 Å². The van der Waals surface area contributed by atoms with Crippen molar-refractivity contribution < 1.29 is 0 Å². The SMILES string of the molecule is BrCc1cccc(-c2nc[nH]n2)c1. The summed E-state index contributed by atoms with van der Waals surface area (Å²) < 4.78 is 0. The first-order chi connectivity index (χ1) is 6.40. The van der Waals surface area contributed by atoms with E-state index in [1.807, 2.05) is 12.1 Å². The molecule has 3 nitrogen and oxygen atoms in total. The standard InChI is InChI=1S/C9H8BrN3/c10-5-7-2-1-3-8(4-7)9-11-6-12-13-9/h1-4,6H,5H2,(H,11,12,13). The lowest BCUT2D eigenvalue weighted by Gasteiger charge is -1.97. The molecule has 0 spiro atoms. The van der Waals surface area contributed by atoms with E-state index in [1.54, 1.807) is 6.33 Å². The average molecular weight is 238 g/mol. The molecule has 0 aliphatic carbocycles. The zero-order chi connectivity index (χ0) is 9.10.